The Labute approximate surface area is 185 Å². The SMILES string of the molecule is COc1ccc(CN=C(N)NCC(=O)N2CCc3sccc3C2)cc1OC.I. The number of carbonyl (C=O) groups is 1. The number of rotatable bonds is 6. The maximum atomic E-state index is 12.4. The van der Waals surface area contributed by atoms with Gasteiger partial charge in [-0.1, -0.05) is 6.07 Å². The maximum absolute atomic E-state index is 12.4. The van der Waals surface area contributed by atoms with E-state index in [2.05, 4.69) is 21.8 Å². The monoisotopic (exact) mass is 516 g/mol. The van der Waals surface area contributed by atoms with E-state index in [0.29, 0.717) is 24.6 Å². The highest BCUT2D eigenvalue weighted by Crippen LogP contribution is 2.27. The molecule has 9 heteroatoms. The summed E-state index contributed by atoms with van der Waals surface area (Å²) < 4.78 is 10.5. The summed E-state index contributed by atoms with van der Waals surface area (Å²) >= 11 is 1.76. The van der Waals surface area contributed by atoms with Crippen LogP contribution in [0, 0.1) is 0 Å². The highest BCUT2D eigenvalue weighted by atomic mass is 127. The van der Waals surface area contributed by atoms with Crippen LogP contribution in [0.5, 0.6) is 11.5 Å². The van der Waals surface area contributed by atoms with E-state index in [9.17, 15) is 4.79 Å². The molecule has 0 spiro atoms. The van der Waals surface area contributed by atoms with E-state index < -0.39 is 0 Å². The number of methoxy groups -OCH3 is 2. The van der Waals surface area contributed by atoms with Crippen molar-refractivity contribution in [2.75, 3.05) is 27.3 Å². The minimum atomic E-state index is 0. The molecule has 0 aliphatic carbocycles. The number of nitrogens with zero attached hydrogens (tertiary/aromatic N) is 2. The lowest BCUT2D eigenvalue weighted by atomic mass is 10.1. The molecular formula is C19H25IN4O3S. The van der Waals surface area contributed by atoms with Gasteiger partial charge in [-0.05, 0) is 41.1 Å². The Balaban J connectivity index is 0.00000280. The minimum Gasteiger partial charge on any atom is -0.493 e. The van der Waals surface area contributed by atoms with Crippen molar-refractivity contribution in [2.24, 2.45) is 10.7 Å². The van der Waals surface area contributed by atoms with Crippen LogP contribution in [0.1, 0.15) is 16.0 Å². The number of fused-ring (bicyclic) bond motifs is 1. The summed E-state index contributed by atoms with van der Waals surface area (Å²) in [6.45, 7) is 1.94. The van der Waals surface area contributed by atoms with Crippen molar-refractivity contribution in [3.8, 4) is 11.5 Å². The van der Waals surface area contributed by atoms with Gasteiger partial charge >= 0.3 is 0 Å². The van der Waals surface area contributed by atoms with Gasteiger partial charge < -0.3 is 25.4 Å². The van der Waals surface area contributed by atoms with Gasteiger partial charge in [0.25, 0.3) is 0 Å². The Bertz CT molecular complexity index is 840. The summed E-state index contributed by atoms with van der Waals surface area (Å²) in [5.41, 5.74) is 8.08. The van der Waals surface area contributed by atoms with Gasteiger partial charge in [-0.2, -0.15) is 0 Å². The number of halogens is 1. The Morgan fingerprint density at radius 2 is 2.07 bits per heavy atom. The van der Waals surface area contributed by atoms with E-state index in [1.54, 1.807) is 25.6 Å². The molecule has 152 valence electrons. The van der Waals surface area contributed by atoms with Crippen molar-refractivity contribution < 1.29 is 14.3 Å². The molecule has 1 aromatic carbocycles. The largest absolute Gasteiger partial charge is 0.493 e. The molecule has 0 atom stereocenters. The van der Waals surface area contributed by atoms with Crippen molar-refractivity contribution in [2.45, 2.75) is 19.5 Å². The Morgan fingerprint density at radius 3 is 2.82 bits per heavy atom. The maximum Gasteiger partial charge on any atom is 0.242 e. The molecule has 0 radical (unpaired) electrons. The number of ether oxygens (including phenoxy) is 2. The average Bonchev–Trinajstić information content (AvgIpc) is 3.17. The van der Waals surface area contributed by atoms with E-state index in [1.165, 1.54) is 10.4 Å². The Hall–Kier alpha value is -2.01. The second-order valence-electron chi connectivity index (χ2n) is 6.18. The molecule has 1 aliphatic heterocycles. The zero-order valence-electron chi connectivity index (χ0n) is 15.9. The fourth-order valence-electron chi connectivity index (χ4n) is 2.95. The van der Waals surface area contributed by atoms with Crippen molar-refractivity contribution in [1.29, 1.82) is 0 Å². The number of thiophene rings is 1. The van der Waals surface area contributed by atoms with E-state index in [4.69, 9.17) is 15.2 Å². The van der Waals surface area contributed by atoms with Crippen LogP contribution in [-0.2, 0) is 24.3 Å². The Kier molecular flexibility index (Phi) is 8.36. The minimum absolute atomic E-state index is 0. The van der Waals surface area contributed by atoms with Gasteiger partial charge in [0.05, 0.1) is 27.3 Å². The number of nitrogens with one attached hydrogen (secondary N) is 1. The molecule has 0 bridgehead atoms. The molecule has 2 aromatic rings. The molecule has 28 heavy (non-hydrogen) atoms. The third-order valence-electron chi connectivity index (χ3n) is 4.46. The molecule has 7 nitrogen and oxygen atoms in total. The third-order valence-corrected chi connectivity index (χ3v) is 5.48. The van der Waals surface area contributed by atoms with Crippen molar-refractivity contribution >= 4 is 47.2 Å². The van der Waals surface area contributed by atoms with Crippen LogP contribution in [0.15, 0.2) is 34.6 Å². The van der Waals surface area contributed by atoms with E-state index in [-0.39, 0.29) is 42.4 Å². The number of hydrogen-bond acceptors (Lipinski definition) is 5. The van der Waals surface area contributed by atoms with Crippen LogP contribution in [-0.4, -0.2) is 44.1 Å². The highest BCUT2D eigenvalue weighted by Gasteiger charge is 2.21. The summed E-state index contributed by atoms with van der Waals surface area (Å²) in [5, 5.41) is 4.98. The standard InChI is InChI=1S/C19H24N4O3S.HI/c1-25-15-4-3-13(9-16(15)26-2)10-21-19(20)22-11-18(24)23-7-5-17-14(12-23)6-8-27-17;/h3-4,6,8-9H,5,7,10-12H2,1-2H3,(H3,20,21,22);1H. The first kappa shape index (κ1) is 22.3. The van der Waals surface area contributed by atoms with Gasteiger partial charge in [-0.25, -0.2) is 4.99 Å². The van der Waals surface area contributed by atoms with Crippen LogP contribution < -0.4 is 20.5 Å². The topological polar surface area (TPSA) is 89.2 Å². The van der Waals surface area contributed by atoms with Gasteiger partial charge in [0.2, 0.25) is 5.91 Å². The molecule has 0 saturated carbocycles. The highest BCUT2D eigenvalue weighted by molar-refractivity contribution is 14.0. The number of guanidine groups is 1. The lowest BCUT2D eigenvalue weighted by molar-refractivity contribution is -0.130. The number of hydrogen-bond donors (Lipinski definition) is 2. The van der Waals surface area contributed by atoms with Gasteiger partial charge in [0.1, 0.15) is 0 Å². The molecule has 0 unspecified atom stereocenters. The van der Waals surface area contributed by atoms with E-state index in [1.807, 2.05) is 23.1 Å². The van der Waals surface area contributed by atoms with Crippen LogP contribution in [0.3, 0.4) is 0 Å². The fourth-order valence-corrected chi connectivity index (χ4v) is 3.84. The molecule has 2 heterocycles. The third kappa shape index (κ3) is 5.51. The second kappa shape index (κ2) is 10.5. The Morgan fingerprint density at radius 1 is 1.29 bits per heavy atom. The number of amides is 1. The van der Waals surface area contributed by atoms with Crippen molar-refractivity contribution in [3.63, 3.8) is 0 Å². The molecule has 1 amide bonds. The number of carbonyl (C=O) groups excluding carboxylic acids is 1. The predicted molar refractivity (Wildman–Crippen MR) is 122 cm³/mol. The molecule has 3 N–H and O–H groups in total. The first-order valence-corrected chi connectivity index (χ1v) is 9.56. The van der Waals surface area contributed by atoms with Gasteiger partial charge in [0.15, 0.2) is 17.5 Å². The van der Waals surface area contributed by atoms with Crippen LogP contribution >= 0.6 is 35.3 Å². The van der Waals surface area contributed by atoms with Gasteiger partial charge in [-0.3, -0.25) is 4.79 Å². The lowest BCUT2D eigenvalue weighted by Gasteiger charge is -2.27. The average molecular weight is 516 g/mol. The molecule has 1 aromatic heterocycles. The van der Waals surface area contributed by atoms with E-state index in [0.717, 1.165) is 18.5 Å². The second-order valence-corrected chi connectivity index (χ2v) is 7.18. The quantitative estimate of drug-likeness (QED) is 0.350. The summed E-state index contributed by atoms with van der Waals surface area (Å²) in [6.07, 6.45) is 0.918. The molecule has 3 rings (SSSR count). The number of aliphatic imine (C=N–C) groups is 1. The first-order valence-electron chi connectivity index (χ1n) is 8.68. The van der Waals surface area contributed by atoms with E-state index >= 15 is 0 Å². The van der Waals surface area contributed by atoms with Crippen molar-refractivity contribution in [1.82, 2.24) is 10.2 Å². The normalized spacial score (nSPS) is 13.4. The molecule has 1 aliphatic rings. The van der Waals surface area contributed by atoms with Gasteiger partial charge in [0, 0.05) is 18.0 Å². The summed E-state index contributed by atoms with van der Waals surface area (Å²) in [4.78, 5) is 19.9. The first-order chi connectivity index (χ1) is 13.1. The fraction of sp³-hybridized carbons (Fsp3) is 0.368. The summed E-state index contributed by atoms with van der Waals surface area (Å²) in [5.74, 6) is 1.57. The zero-order chi connectivity index (χ0) is 19.2. The smallest absolute Gasteiger partial charge is 0.242 e. The van der Waals surface area contributed by atoms with Crippen molar-refractivity contribution in [3.05, 3.63) is 45.6 Å². The molecule has 0 saturated heterocycles. The molecular weight excluding hydrogens is 491 g/mol. The van der Waals surface area contributed by atoms with Crippen LogP contribution in [0.2, 0.25) is 0 Å². The summed E-state index contributed by atoms with van der Waals surface area (Å²) in [7, 11) is 3.18. The van der Waals surface area contributed by atoms with Crippen LogP contribution in [0.4, 0.5) is 0 Å². The molecule has 0 fully saturated rings. The number of benzene rings is 1. The predicted octanol–water partition coefficient (Wildman–Crippen LogP) is 2.37. The van der Waals surface area contributed by atoms with Gasteiger partial charge in [-0.15, -0.1) is 35.3 Å². The zero-order valence-corrected chi connectivity index (χ0v) is 19.1. The number of nitrogens with two attached hydrogens (primary N) is 1. The van der Waals surface area contributed by atoms with Crippen LogP contribution in [0.25, 0.3) is 0 Å². The lowest BCUT2D eigenvalue weighted by Crippen LogP contribution is -2.44. The summed E-state index contributed by atoms with van der Waals surface area (Å²) in [6, 6.07) is 7.67.